The highest BCUT2D eigenvalue weighted by molar-refractivity contribution is 6.30. The summed E-state index contributed by atoms with van der Waals surface area (Å²) < 4.78 is 0. The van der Waals surface area contributed by atoms with Crippen molar-refractivity contribution in [2.24, 2.45) is 0 Å². The number of hydrogen-bond acceptors (Lipinski definition) is 1. The first kappa shape index (κ1) is 17.6. The van der Waals surface area contributed by atoms with Crippen LogP contribution in [0.15, 0.2) is 78.9 Å². The molecule has 126 valence electrons. The summed E-state index contributed by atoms with van der Waals surface area (Å²) in [6, 6.07) is 25.3. The standard InChI is InChI=1S/C22H18Cl2O/c23-15-14-21(16-4-2-1-3-5-16)22(17-6-10-19(24)11-7-17)18-8-12-20(25)13-9-18/h1-13,25H,14-15H2/b22-21+. The number of alkyl halides is 1. The van der Waals surface area contributed by atoms with E-state index >= 15 is 0 Å². The van der Waals surface area contributed by atoms with Crippen molar-refractivity contribution in [1.82, 2.24) is 0 Å². The van der Waals surface area contributed by atoms with Crippen LogP contribution >= 0.6 is 23.2 Å². The van der Waals surface area contributed by atoms with Crippen LogP contribution in [0.1, 0.15) is 23.1 Å². The van der Waals surface area contributed by atoms with Gasteiger partial charge in [-0.1, -0.05) is 66.2 Å². The summed E-state index contributed by atoms with van der Waals surface area (Å²) in [7, 11) is 0. The molecule has 3 aromatic rings. The second-order valence-corrected chi connectivity index (χ2v) is 6.53. The third-order valence-corrected chi connectivity index (χ3v) is 4.50. The fourth-order valence-electron chi connectivity index (χ4n) is 2.91. The molecule has 0 unspecified atom stereocenters. The molecule has 0 bridgehead atoms. The lowest BCUT2D eigenvalue weighted by molar-refractivity contribution is 0.475. The number of phenols is 1. The van der Waals surface area contributed by atoms with E-state index < -0.39 is 0 Å². The van der Waals surface area contributed by atoms with Crippen LogP contribution in [0.25, 0.3) is 11.1 Å². The molecular formula is C22H18Cl2O. The monoisotopic (exact) mass is 368 g/mol. The summed E-state index contributed by atoms with van der Waals surface area (Å²) in [4.78, 5) is 0. The molecule has 0 saturated carbocycles. The summed E-state index contributed by atoms with van der Waals surface area (Å²) in [6.07, 6.45) is 0.740. The van der Waals surface area contributed by atoms with Crippen LogP contribution < -0.4 is 0 Å². The minimum absolute atomic E-state index is 0.248. The number of hydrogen-bond donors (Lipinski definition) is 1. The molecule has 1 N–H and O–H groups in total. The van der Waals surface area contributed by atoms with E-state index in [1.165, 1.54) is 5.57 Å². The first-order chi connectivity index (χ1) is 12.2. The third-order valence-electron chi connectivity index (χ3n) is 4.06. The number of phenolic OH excluding ortho intramolecular Hbond substituents is 1. The molecule has 0 heterocycles. The zero-order valence-electron chi connectivity index (χ0n) is 13.6. The van der Waals surface area contributed by atoms with Gasteiger partial charge in [-0.05, 0) is 58.5 Å². The smallest absolute Gasteiger partial charge is 0.115 e. The van der Waals surface area contributed by atoms with Crippen LogP contribution in [-0.4, -0.2) is 11.0 Å². The average Bonchev–Trinajstić information content (AvgIpc) is 2.65. The van der Waals surface area contributed by atoms with Gasteiger partial charge in [-0.15, -0.1) is 11.6 Å². The van der Waals surface area contributed by atoms with Crippen molar-refractivity contribution < 1.29 is 5.11 Å². The van der Waals surface area contributed by atoms with Crippen LogP contribution in [0.3, 0.4) is 0 Å². The first-order valence-electron chi connectivity index (χ1n) is 8.09. The lowest BCUT2D eigenvalue weighted by Crippen LogP contribution is -1.96. The molecule has 0 fully saturated rings. The largest absolute Gasteiger partial charge is 0.508 e. The maximum atomic E-state index is 9.65. The van der Waals surface area contributed by atoms with Crippen LogP contribution in [0.5, 0.6) is 5.75 Å². The molecule has 0 aliphatic carbocycles. The van der Waals surface area contributed by atoms with Crippen molar-refractivity contribution in [2.75, 3.05) is 5.88 Å². The van der Waals surface area contributed by atoms with Gasteiger partial charge in [0.25, 0.3) is 0 Å². The van der Waals surface area contributed by atoms with Crippen LogP contribution in [0.2, 0.25) is 5.02 Å². The van der Waals surface area contributed by atoms with E-state index in [1.807, 2.05) is 54.6 Å². The minimum Gasteiger partial charge on any atom is -0.508 e. The van der Waals surface area contributed by atoms with Crippen LogP contribution in [-0.2, 0) is 0 Å². The van der Waals surface area contributed by atoms with Crippen molar-refractivity contribution in [1.29, 1.82) is 0 Å². The second kappa shape index (κ2) is 8.24. The Labute approximate surface area is 158 Å². The molecule has 0 amide bonds. The topological polar surface area (TPSA) is 20.2 Å². The van der Waals surface area contributed by atoms with Gasteiger partial charge < -0.3 is 5.11 Å². The summed E-state index contributed by atoms with van der Waals surface area (Å²) in [5, 5.41) is 10.4. The highest BCUT2D eigenvalue weighted by Gasteiger charge is 2.14. The quantitative estimate of drug-likeness (QED) is 0.395. The highest BCUT2D eigenvalue weighted by atomic mass is 35.5. The van der Waals surface area contributed by atoms with E-state index in [4.69, 9.17) is 23.2 Å². The van der Waals surface area contributed by atoms with E-state index in [-0.39, 0.29) is 5.75 Å². The lowest BCUT2D eigenvalue weighted by Gasteiger charge is -2.17. The third kappa shape index (κ3) is 4.25. The molecule has 0 saturated heterocycles. The molecular weight excluding hydrogens is 351 g/mol. The van der Waals surface area contributed by atoms with Crippen molar-refractivity contribution in [3.63, 3.8) is 0 Å². The van der Waals surface area contributed by atoms with Crippen molar-refractivity contribution in [3.8, 4) is 5.75 Å². The molecule has 0 atom stereocenters. The Morgan fingerprint density at radius 3 is 1.84 bits per heavy atom. The predicted octanol–water partition coefficient (Wildman–Crippen LogP) is 6.63. The van der Waals surface area contributed by atoms with Gasteiger partial charge >= 0.3 is 0 Å². The summed E-state index contributed by atoms with van der Waals surface area (Å²) in [5.41, 5.74) is 5.51. The molecule has 0 aliphatic rings. The predicted molar refractivity (Wildman–Crippen MR) is 107 cm³/mol. The fourth-order valence-corrected chi connectivity index (χ4v) is 3.22. The van der Waals surface area contributed by atoms with Gasteiger partial charge in [-0.3, -0.25) is 0 Å². The number of halogens is 2. The van der Waals surface area contributed by atoms with Gasteiger partial charge in [0.1, 0.15) is 5.75 Å². The Morgan fingerprint density at radius 1 is 0.720 bits per heavy atom. The summed E-state index contributed by atoms with van der Waals surface area (Å²) >= 11 is 12.2. The molecule has 0 spiro atoms. The highest BCUT2D eigenvalue weighted by Crippen LogP contribution is 2.35. The van der Waals surface area contributed by atoms with Crippen molar-refractivity contribution in [2.45, 2.75) is 6.42 Å². The Bertz CT molecular complexity index is 803. The molecule has 3 rings (SSSR count). The molecule has 0 aromatic heterocycles. The van der Waals surface area contributed by atoms with Gasteiger partial charge in [0.05, 0.1) is 0 Å². The Morgan fingerprint density at radius 2 is 1.28 bits per heavy atom. The zero-order chi connectivity index (χ0) is 17.6. The van der Waals surface area contributed by atoms with E-state index in [2.05, 4.69) is 12.1 Å². The molecule has 0 radical (unpaired) electrons. The van der Waals surface area contributed by atoms with E-state index in [0.717, 1.165) is 28.7 Å². The normalized spacial score (nSPS) is 11.9. The molecule has 1 nitrogen and oxygen atoms in total. The van der Waals surface area contributed by atoms with Gasteiger partial charge in [0.15, 0.2) is 0 Å². The molecule has 3 heteroatoms. The number of benzene rings is 3. The Hall–Kier alpha value is -2.22. The molecule has 3 aromatic carbocycles. The number of rotatable bonds is 5. The number of allylic oxidation sites excluding steroid dienone is 1. The van der Waals surface area contributed by atoms with Gasteiger partial charge in [-0.25, -0.2) is 0 Å². The Balaban J connectivity index is 2.26. The average molecular weight is 369 g/mol. The molecule has 0 aliphatic heterocycles. The second-order valence-electron chi connectivity index (χ2n) is 5.71. The van der Waals surface area contributed by atoms with Crippen molar-refractivity contribution >= 4 is 34.3 Å². The van der Waals surface area contributed by atoms with E-state index in [0.29, 0.717) is 10.9 Å². The first-order valence-corrected chi connectivity index (χ1v) is 9.00. The number of aromatic hydroxyl groups is 1. The fraction of sp³-hybridized carbons (Fsp3) is 0.0909. The Kier molecular flexibility index (Phi) is 5.80. The molecule has 25 heavy (non-hydrogen) atoms. The lowest BCUT2D eigenvalue weighted by atomic mass is 9.88. The van der Waals surface area contributed by atoms with Crippen molar-refractivity contribution in [3.05, 3.63) is 101 Å². The van der Waals surface area contributed by atoms with Gasteiger partial charge in [-0.2, -0.15) is 0 Å². The van der Waals surface area contributed by atoms with Crippen LogP contribution in [0.4, 0.5) is 0 Å². The van der Waals surface area contributed by atoms with Gasteiger partial charge in [0, 0.05) is 10.9 Å². The minimum atomic E-state index is 0.248. The summed E-state index contributed by atoms with van der Waals surface area (Å²) in [6.45, 7) is 0. The maximum absolute atomic E-state index is 9.65. The SMILES string of the molecule is Oc1ccc(/C(=C(\CCCl)c2ccccc2)c2ccc(Cl)cc2)cc1. The maximum Gasteiger partial charge on any atom is 0.115 e. The summed E-state index contributed by atoms with van der Waals surface area (Å²) in [5.74, 6) is 0.775. The zero-order valence-corrected chi connectivity index (χ0v) is 15.1. The van der Waals surface area contributed by atoms with Gasteiger partial charge in [0.2, 0.25) is 0 Å². The van der Waals surface area contributed by atoms with Crippen LogP contribution in [0, 0.1) is 0 Å². The van der Waals surface area contributed by atoms with E-state index in [9.17, 15) is 5.11 Å². The van der Waals surface area contributed by atoms with E-state index in [1.54, 1.807) is 12.1 Å².